The fraction of sp³-hybridized carbons (Fsp3) is 0.680. The summed E-state index contributed by atoms with van der Waals surface area (Å²) in [4.78, 5) is 22.8. The topological polar surface area (TPSA) is 132 Å². The Morgan fingerprint density at radius 3 is 2.24 bits per heavy atom. The van der Waals surface area contributed by atoms with Crippen LogP contribution in [0.25, 0.3) is 0 Å². The quantitative estimate of drug-likeness (QED) is 0.266. The maximum atomic E-state index is 11.6. The molecule has 1 fully saturated rings. The van der Waals surface area contributed by atoms with Crippen LogP contribution in [-0.2, 0) is 28.5 Å². The predicted octanol–water partition coefficient (Wildman–Crippen LogP) is 2.33. The molecular weight excluding hydrogens is 444 g/mol. The van der Waals surface area contributed by atoms with E-state index in [4.69, 9.17) is 24.1 Å². The molecule has 1 unspecified atom stereocenters. The SMILES string of the molecule is C=CC(C)(CC/C=C(\C)CC/C=C(\C)CO)O[C@@H]1O[C@H](COC(C)=O)[C@@H](O)[C@H](O)[C@H]1OC(C)=O. The minimum absolute atomic E-state index is 0.0584. The molecule has 9 nitrogen and oxygen atoms in total. The Labute approximate surface area is 202 Å². The van der Waals surface area contributed by atoms with E-state index in [-0.39, 0.29) is 13.2 Å². The lowest BCUT2D eigenvalue weighted by molar-refractivity contribution is -0.322. The number of aliphatic hydroxyl groups excluding tert-OH is 3. The van der Waals surface area contributed by atoms with Crippen molar-refractivity contribution < 1.29 is 43.9 Å². The maximum Gasteiger partial charge on any atom is 0.303 e. The third-order valence-electron chi connectivity index (χ3n) is 5.63. The zero-order valence-electron chi connectivity index (χ0n) is 20.9. The molecule has 3 N–H and O–H groups in total. The molecule has 1 rings (SSSR count). The summed E-state index contributed by atoms with van der Waals surface area (Å²) in [5.41, 5.74) is 1.23. The molecule has 0 spiro atoms. The van der Waals surface area contributed by atoms with Crippen LogP contribution in [0.2, 0.25) is 0 Å². The number of allylic oxidation sites excluding steroid dienone is 3. The molecule has 0 aromatic heterocycles. The van der Waals surface area contributed by atoms with Crippen molar-refractivity contribution in [2.45, 2.75) is 96.6 Å². The van der Waals surface area contributed by atoms with Gasteiger partial charge in [-0.05, 0) is 46.5 Å². The number of rotatable bonds is 13. The van der Waals surface area contributed by atoms with Gasteiger partial charge >= 0.3 is 11.9 Å². The lowest BCUT2D eigenvalue weighted by Crippen LogP contribution is -2.61. The fourth-order valence-electron chi connectivity index (χ4n) is 3.45. The summed E-state index contributed by atoms with van der Waals surface area (Å²) in [7, 11) is 0. The van der Waals surface area contributed by atoms with Gasteiger partial charge in [0, 0.05) is 13.8 Å². The van der Waals surface area contributed by atoms with E-state index in [2.05, 4.69) is 12.7 Å². The lowest BCUT2D eigenvalue weighted by atomic mass is 9.96. The van der Waals surface area contributed by atoms with Crippen LogP contribution < -0.4 is 0 Å². The van der Waals surface area contributed by atoms with Crippen molar-refractivity contribution in [3.05, 3.63) is 36.0 Å². The van der Waals surface area contributed by atoms with Crippen molar-refractivity contribution in [2.24, 2.45) is 0 Å². The highest BCUT2D eigenvalue weighted by Gasteiger charge is 2.49. The molecule has 0 amide bonds. The third-order valence-corrected chi connectivity index (χ3v) is 5.63. The molecule has 34 heavy (non-hydrogen) atoms. The summed E-state index contributed by atoms with van der Waals surface area (Å²) in [5, 5.41) is 30.0. The second kappa shape index (κ2) is 14.4. The Morgan fingerprint density at radius 2 is 1.68 bits per heavy atom. The number of carbonyl (C=O) groups excluding carboxylic acids is 2. The molecule has 9 heteroatoms. The van der Waals surface area contributed by atoms with Crippen LogP contribution in [0.3, 0.4) is 0 Å². The Balaban J connectivity index is 2.88. The van der Waals surface area contributed by atoms with Crippen LogP contribution in [-0.4, -0.2) is 76.8 Å². The van der Waals surface area contributed by atoms with Crippen molar-refractivity contribution in [3.63, 3.8) is 0 Å². The Hall–Kier alpha value is -2.04. The summed E-state index contributed by atoms with van der Waals surface area (Å²) >= 11 is 0. The van der Waals surface area contributed by atoms with E-state index < -0.39 is 48.2 Å². The first-order valence-electron chi connectivity index (χ1n) is 11.5. The monoisotopic (exact) mass is 484 g/mol. The van der Waals surface area contributed by atoms with Gasteiger partial charge in [0.25, 0.3) is 0 Å². The summed E-state index contributed by atoms with van der Waals surface area (Å²) in [6, 6.07) is 0. The smallest absolute Gasteiger partial charge is 0.303 e. The zero-order chi connectivity index (χ0) is 25.9. The van der Waals surface area contributed by atoms with Crippen molar-refractivity contribution >= 4 is 11.9 Å². The molecular formula is C25H40O9. The van der Waals surface area contributed by atoms with E-state index in [1.54, 1.807) is 13.0 Å². The Bertz CT molecular complexity index is 743. The van der Waals surface area contributed by atoms with Crippen LogP contribution in [0, 0.1) is 0 Å². The number of aliphatic hydroxyl groups is 3. The molecule has 1 heterocycles. The summed E-state index contributed by atoms with van der Waals surface area (Å²) in [6.07, 6.45) is 2.10. The van der Waals surface area contributed by atoms with Crippen LogP contribution in [0.4, 0.5) is 0 Å². The minimum atomic E-state index is -1.50. The van der Waals surface area contributed by atoms with E-state index in [0.717, 1.165) is 18.4 Å². The van der Waals surface area contributed by atoms with Crippen molar-refractivity contribution in [1.82, 2.24) is 0 Å². The first-order valence-corrected chi connectivity index (χ1v) is 11.5. The van der Waals surface area contributed by atoms with Crippen LogP contribution in [0.15, 0.2) is 36.0 Å². The molecule has 1 aliphatic rings. The first kappa shape index (κ1) is 30.0. The molecule has 0 aromatic carbocycles. The molecule has 194 valence electrons. The van der Waals surface area contributed by atoms with E-state index in [0.29, 0.717) is 12.8 Å². The molecule has 6 atom stereocenters. The second-order valence-corrected chi connectivity index (χ2v) is 8.87. The minimum Gasteiger partial charge on any atom is -0.463 e. The van der Waals surface area contributed by atoms with Gasteiger partial charge in [-0.15, -0.1) is 6.58 Å². The van der Waals surface area contributed by atoms with E-state index in [1.807, 2.05) is 19.9 Å². The fourth-order valence-corrected chi connectivity index (χ4v) is 3.45. The molecule has 0 bridgehead atoms. The largest absolute Gasteiger partial charge is 0.463 e. The summed E-state index contributed by atoms with van der Waals surface area (Å²) in [6.45, 7) is 11.7. The molecule has 1 aliphatic heterocycles. The molecule has 0 radical (unpaired) electrons. The molecule has 0 aliphatic carbocycles. The van der Waals surface area contributed by atoms with E-state index >= 15 is 0 Å². The van der Waals surface area contributed by atoms with Crippen LogP contribution in [0.1, 0.15) is 60.3 Å². The van der Waals surface area contributed by atoms with Gasteiger partial charge in [0.05, 0.1) is 12.2 Å². The highest BCUT2D eigenvalue weighted by atomic mass is 16.7. The average Bonchev–Trinajstić information content (AvgIpc) is 2.77. The van der Waals surface area contributed by atoms with Gasteiger partial charge < -0.3 is 34.3 Å². The number of hydrogen-bond acceptors (Lipinski definition) is 9. The van der Waals surface area contributed by atoms with Gasteiger partial charge in [-0.2, -0.15) is 0 Å². The maximum absolute atomic E-state index is 11.6. The normalized spacial score (nSPS) is 27.6. The zero-order valence-corrected chi connectivity index (χ0v) is 20.9. The highest BCUT2D eigenvalue weighted by molar-refractivity contribution is 5.66. The number of esters is 2. The summed E-state index contributed by atoms with van der Waals surface area (Å²) in [5.74, 6) is -1.23. The van der Waals surface area contributed by atoms with Crippen molar-refractivity contribution in [2.75, 3.05) is 13.2 Å². The Kier molecular flexibility index (Phi) is 12.7. The Morgan fingerprint density at radius 1 is 1.03 bits per heavy atom. The number of ether oxygens (including phenoxy) is 4. The van der Waals surface area contributed by atoms with E-state index in [1.165, 1.54) is 19.4 Å². The lowest BCUT2D eigenvalue weighted by Gasteiger charge is -2.44. The van der Waals surface area contributed by atoms with Gasteiger partial charge in [0.15, 0.2) is 12.4 Å². The van der Waals surface area contributed by atoms with Crippen molar-refractivity contribution in [1.29, 1.82) is 0 Å². The third kappa shape index (κ3) is 10.1. The molecule has 0 aromatic rings. The van der Waals surface area contributed by atoms with Gasteiger partial charge in [-0.25, -0.2) is 0 Å². The predicted molar refractivity (Wildman–Crippen MR) is 126 cm³/mol. The molecule has 0 saturated carbocycles. The number of hydrogen-bond donors (Lipinski definition) is 3. The van der Waals surface area contributed by atoms with Crippen LogP contribution >= 0.6 is 0 Å². The van der Waals surface area contributed by atoms with Crippen LogP contribution in [0.5, 0.6) is 0 Å². The average molecular weight is 485 g/mol. The van der Waals surface area contributed by atoms with Gasteiger partial charge in [0.2, 0.25) is 0 Å². The van der Waals surface area contributed by atoms with Gasteiger partial charge in [-0.3, -0.25) is 9.59 Å². The summed E-state index contributed by atoms with van der Waals surface area (Å²) < 4.78 is 22.0. The van der Waals surface area contributed by atoms with Gasteiger partial charge in [0.1, 0.15) is 24.9 Å². The van der Waals surface area contributed by atoms with Crippen molar-refractivity contribution in [3.8, 4) is 0 Å². The van der Waals surface area contributed by atoms with E-state index in [9.17, 15) is 19.8 Å². The first-order chi connectivity index (χ1) is 15.9. The number of carbonyl (C=O) groups is 2. The standard InChI is InChI=1S/C25H40O9/c1-7-25(6,13-9-12-16(2)10-8-11-17(3)14-26)34-24-23(32-19(5)28)22(30)21(29)20(33-24)15-31-18(4)27/h7,11-12,20-24,26,29-30H,1,8-10,13-15H2,2-6H3/b16-12+,17-11+/t20-,21-,22+,23-,24+,25?/m1/s1. The highest BCUT2D eigenvalue weighted by Crippen LogP contribution is 2.31. The van der Waals surface area contributed by atoms with Gasteiger partial charge in [-0.1, -0.05) is 29.4 Å². The second-order valence-electron chi connectivity index (χ2n) is 8.87. The molecule has 1 saturated heterocycles.